The zero-order valence-corrected chi connectivity index (χ0v) is 19.9. The second kappa shape index (κ2) is 10.0. The minimum absolute atomic E-state index is 0.0832. The normalized spacial score (nSPS) is 11.3. The maximum Gasteiger partial charge on any atom is 0.339 e. The van der Waals surface area contributed by atoms with Gasteiger partial charge in [-0.1, -0.05) is 44.0 Å². The van der Waals surface area contributed by atoms with Crippen molar-refractivity contribution in [2.75, 3.05) is 0 Å². The SMILES string of the molecule is O=C(N/N=C\c1cc(Br)ccc1OS(=O)(=O)c1cccc([N+](=O)[O-])c1)c1cccc(Br)c1. The summed E-state index contributed by atoms with van der Waals surface area (Å²) in [6.45, 7) is 0. The van der Waals surface area contributed by atoms with Gasteiger partial charge < -0.3 is 4.18 Å². The number of halogens is 2. The van der Waals surface area contributed by atoms with Crippen LogP contribution >= 0.6 is 31.9 Å². The molecule has 0 fully saturated rings. The van der Waals surface area contributed by atoms with Crippen molar-refractivity contribution in [2.45, 2.75) is 4.90 Å². The third kappa shape index (κ3) is 5.99. The molecule has 3 aromatic rings. The minimum Gasteiger partial charge on any atom is -0.378 e. The number of nitrogens with one attached hydrogen (secondary N) is 1. The highest BCUT2D eigenvalue weighted by molar-refractivity contribution is 9.10. The Morgan fingerprint density at radius 3 is 2.47 bits per heavy atom. The van der Waals surface area contributed by atoms with Gasteiger partial charge in [0.25, 0.3) is 11.6 Å². The molecule has 164 valence electrons. The van der Waals surface area contributed by atoms with Crippen LogP contribution in [-0.2, 0) is 10.1 Å². The zero-order valence-electron chi connectivity index (χ0n) is 15.9. The Labute approximate surface area is 199 Å². The van der Waals surface area contributed by atoms with Gasteiger partial charge in [0.1, 0.15) is 4.90 Å². The largest absolute Gasteiger partial charge is 0.378 e. The highest BCUT2D eigenvalue weighted by Gasteiger charge is 2.21. The minimum atomic E-state index is -4.37. The fraction of sp³-hybridized carbons (Fsp3) is 0. The molecule has 32 heavy (non-hydrogen) atoms. The first-order chi connectivity index (χ1) is 15.2. The lowest BCUT2D eigenvalue weighted by Crippen LogP contribution is -2.17. The van der Waals surface area contributed by atoms with Gasteiger partial charge in [0.2, 0.25) is 0 Å². The molecular weight excluding hydrogens is 570 g/mol. The van der Waals surface area contributed by atoms with Gasteiger partial charge in [-0.2, -0.15) is 13.5 Å². The number of amides is 1. The summed E-state index contributed by atoms with van der Waals surface area (Å²) in [6.07, 6.45) is 1.22. The van der Waals surface area contributed by atoms with Gasteiger partial charge in [-0.05, 0) is 42.5 Å². The predicted molar refractivity (Wildman–Crippen MR) is 124 cm³/mol. The molecule has 0 atom stereocenters. The van der Waals surface area contributed by atoms with Crippen LogP contribution < -0.4 is 9.61 Å². The van der Waals surface area contributed by atoms with Gasteiger partial charge in [-0.25, -0.2) is 5.43 Å². The van der Waals surface area contributed by atoms with Crippen molar-refractivity contribution < 1.29 is 22.3 Å². The van der Waals surface area contributed by atoms with Gasteiger partial charge in [0.05, 0.1) is 11.1 Å². The zero-order chi connectivity index (χ0) is 23.3. The van der Waals surface area contributed by atoms with Gasteiger partial charge in [-0.3, -0.25) is 14.9 Å². The van der Waals surface area contributed by atoms with Crippen LogP contribution in [0.15, 0.2) is 85.7 Å². The summed E-state index contributed by atoms with van der Waals surface area (Å²) >= 11 is 6.56. The summed E-state index contributed by atoms with van der Waals surface area (Å²) in [5.41, 5.74) is 2.57. The molecule has 1 N–H and O–H groups in total. The fourth-order valence-corrected chi connectivity index (χ4v) is 4.24. The molecule has 0 aliphatic heterocycles. The molecule has 0 unspecified atom stereocenters. The molecule has 1 amide bonds. The van der Waals surface area contributed by atoms with E-state index in [1.165, 1.54) is 36.5 Å². The first kappa shape index (κ1) is 23.6. The number of hydrazone groups is 1. The van der Waals surface area contributed by atoms with E-state index < -0.39 is 20.9 Å². The molecule has 0 spiro atoms. The van der Waals surface area contributed by atoms with Crippen LogP contribution in [0.2, 0.25) is 0 Å². The van der Waals surface area contributed by atoms with E-state index in [2.05, 4.69) is 42.4 Å². The Hall–Kier alpha value is -3.09. The molecule has 0 saturated heterocycles. The lowest BCUT2D eigenvalue weighted by atomic mass is 10.2. The second-order valence-corrected chi connectivity index (χ2v) is 9.56. The summed E-state index contributed by atoms with van der Waals surface area (Å²) in [5, 5.41) is 14.8. The van der Waals surface area contributed by atoms with Gasteiger partial charge in [-0.15, -0.1) is 0 Å². The number of hydrogen-bond donors (Lipinski definition) is 1. The average molecular weight is 583 g/mol. The van der Waals surface area contributed by atoms with Crippen molar-refractivity contribution in [1.29, 1.82) is 0 Å². The molecule has 0 aromatic heterocycles. The number of rotatable bonds is 7. The van der Waals surface area contributed by atoms with Gasteiger partial charge in [0.15, 0.2) is 5.75 Å². The lowest BCUT2D eigenvalue weighted by Gasteiger charge is -2.10. The predicted octanol–water partition coefficient (Wildman–Crippen LogP) is 4.65. The quantitative estimate of drug-likeness (QED) is 0.187. The summed E-state index contributed by atoms with van der Waals surface area (Å²) in [7, 11) is -4.37. The third-order valence-corrected chi connectivity index (χ3v) is 6.16. The number of nitrogens with zero attached hydrogens (tertiary/aromatic N) is 2. The molecule has 0 radical (unpaired) electrons. The highest BCUT2D eigenvalue weighted by Crippen LogP contribution is 2.26. The number of nitro benzene ring substituents is 1. The first-order valence-corrected chi connectivity index (χ1v) is 11.7. The van der Waals surface area contributed by atoms with E-state index in [0.29, 0.717) is 10.0 Å². The average Bonchev–Trinajstić information content (AvgIpc) is 2.75. The smallest absolute Gasteiger partial charge is 0.339 e. The van der Waals surface area contributed by atoms with Crippen molar-refractivity contribution in [1.82, 2.24) is 5.43 Å². The summed E-state index contributed by atoms with van der Waals surface area (Å²) < 4.78 is 31.8. The Morgan fingerprint density at radius 1 is 1.03 bits per heavy atom. The molecule has 3 aromatic carbocycles. The topological polar surface area (TPSA) is 128 Å². The lowest BCUT2D eigenvalue weighted by molar-refractivity contribution is -0.385. The van der Waals surface area contributed by atoms with Crippen LogP contribution in [0.3, 0.4) is 0 Å². The number of benzene rings is 3. The molecule has 0 aliphatic carbocycles. The first-order valence-electron chi connectivity index (χ1n) is 8.73. The Morgan fingerprint density at radius 2 is 1.75 bits per heavy atom. The van der Waals surface area contributed by atoms with E-state index in [1.54, 1.807) is 30.3 Å². The number of hydrogen-bond acceptors (Lipinski definition) is 7. The van der Waals surface area contributed by atoms with Crippen LogP contribution in [0, 0.1) is 10.1 Å². The van der Waals surface area contributed by atoms with Crippen molar-refractivity contribution in [3.05, 3.63) is 96.9 Å². The molecular formula is C20H13Br2N3O6S. The van der Waals surface area contributed by atoms with Gasteiger partial charge >= 0.3 is 10.1 Å². The van der Waals surface area contributed by atoms with Crippen molar-refractivity contribution in [3.63, 3.8) is 0 Å². The Balaban J connectivity index is 1.83. The monoisotopic (exact) mass is 581 g/mol. The van der Waals surface area contributed by atoms with Crippen LogP contribution in [0.1, 0.15) is 15.9 Å². The van der Waals surface area contributed by atoms with E-state index in [4.69, 9.17) is 4.18 Å². The van der Waals surface area contributed by atoms with Crippen molar-refractivity contribution >= 4 is 59.8 Å². The van der Waals surface area contributed by atoms with Crippen molar-refractivity contribution in [3.8, 4) is 5.75 Å². The fourth-order valence-electron chi connectivity index (χ4n) is 2.47. The Bertz CT molecular complexity index is 1330. The number of non-ortho nitro benzene ring substituents is 1. The molecule has 3 rings (SSSR count). The van der Waals surface area contributed by atoms with E-state index in [9.17, 15) is 23.3 Å². The summed E-state index contributed by atoms with van der Waals surface area (Å²) in [6, 6.07) is 15.7. The van der Waals surface area contributed by atoms with E-state index in [0.717, 1.165) is 10.5 Å². The molecule has 0 saturated carbocycles. The van der Waals surface area contributed by atoms with Crippen LogP contribution in [0.25, 0.3) is 0 Å². The van der Waals surface area contributed by atoms with E-state index >= 15 is 0 Å². The molecule has 12 heteroatoms. The third-order valence-electron chi connectivity index (χ3n) is 3.94. The summed E-state index contributed by atoms with van der Waals surface area (Å²) in [4.78, 5) is 22.1. The number of carbonyl (C=O) groups is 1. The van der Waals surface area contributed by atoms with Crippen LogP contribution in [-0.4, -0.2) is 25.5 Å². The number of nitro groups is 1. The molecule has 9 nitrogen and oxygen atoms in total. The summed E-state index contributed by atoms with van der Waals surface area (Å²) in [5.74, 6) is -0.551. The van der Waals surface area contributed by atoms with Crippen LogP contribution in [0.4, 0.5) is 5.69 Å². The maximum atomic E-state index is 12.6. The van der Waals surface area contributed by atoms with Crippen molar-refractivity contribution in [2.24, 2.45) is 5.10 Å². The van der Waals surface area contributed by atoms with E-state index in [1.807, 2.05) is 0 Å². The molecule has 0 aliphatic rings. The van der Waals surface area contributed by atoms with Gasteiger partial charge in [0, 0.05) is 32.2 Å². The number of carbonyl (C=O) groups excluding carboxylic acids is 1. The highest BCUT2D eigenvalue weighted by atomic mass is 79.9. The maximum absolute atomic E-state index is 12.6. The molecule has 0 heterocycles. The molecule has 0 bridgehead atoms. The second-order valence-electron chi connectivity index (χ2n) is 6.18. The van der Waals surface area contributed by atoms with Crippen LogP contribution in [0.5, 0.6) is 5.75 Å². The Kier molecular flexibility index (Phi) is 7.38. The van der Waals surface area contributed by atoms with E-state index in [-0.39, 0.29) is 21.9 Å². The standard InChI is InChI=1S/C20H13Br2N3O6S/c21-15-4-1-3-13(9-15)20(26)24-23-12-14-10-16(22)7-8-19(14)31-32(29,30)18-6-2-5-17(11-18)25(27)28/h1-12H,(H,24,26)/b23-12-.